The molecule has 4 saturated heterocycles. The summed E-state index contributed by atoms with van der Waals surface area (Å²) in [5.74, 6) is 4.74. The second-order valence-electron chi connectivity index (χ2n) is 36.8. The third kappa shape index (κ3) is 23.0. The van der Waals surface area contributed by atoms with Crippen LogP contribution in [0.25, 0.3) is 67.6 Å². The largest absolute Gasteiger partial charge is 0.494 e. The van der Waals surface area contributed by atoms with Crippen molar-refractivity contribution in [1.82, 2.24) is 79.7 Å². The van der Waals surface area contributed by atoms with Crippen LogP contribution in [-0.2, 0) is 16.1 Å². The van der Waals surface area contributed by atoms with Gasteiger partial charge < -0.3 is 93.0 Å². The first-order valence-corrected chi connectivity index (χ1v) is 48.7. The highest BCUT2D eigenvalue weighted by Crippen LogP contribution is 2.42. The Kier molecular flexibility index (Phi) is 31.1. The van der Waals surface area contributed by atoms with Gasteiger partial charge in [-0.25, -0.2) is 61.6 Å². The number of nitrogens with zero attached hydrogens (tertiary/aromatic N) is 16. The molecule has 756 valence electrons. The lowest BCUT2D eigenvalue weighted by Crippen LogP contribution is -2.39. The molecule has 1 saturated carbocycles. The van der Waals surface area contributed by atoms with Crippen LogP contribution in [-0.4, -0.2) is 215 Å². The van der Waals surface area contributed by atoms with E-state index in [1.807, 2.05) is 209 Å². The van der Waals surface area contributed by atoms with Gasteiger partial charge in [0.05, 0.1) is 165 Å². The van der Waals surface area contributed by atoms with E-state index in [0.717, 1.165) is 213 Å². The number of para-hydroxylation sites is 1. The number of imidazole rings is 4. The number of hydrogen-bond donors (Lipinski definition) is 4. The van der Waals surface area contributed by atoms with E-state index in [1.54, 1.807) is 77.5 Å². The molecule has 0 radical (unpaired) electrons. The van der Waals surface area contributed by atoms with Crippen LogP contribution in [0.1, 0.15) is 114 Å². The minimum Gasteiger partial charge on any atom is -0.494 e. The van der Waals surface area contributed by atoms with E-state index in [4.69, 9.17) is 87.3 Å². The molecule has 7 aromatic carbocycles. The number of hydrogen-bond acceptors (Lipinski definition) is 27. The molecular formula is C109H123FN20O15. The summed E-state index contributed by atoms with van der Waals surface area (Å²) in [6.45, 7) is 23.7. The number of carbonyl (C=O) groups is 4. The Labute approximate surface area is 840 Å². The maximum Gasteiger partial charge on any atom is 0.412 e. The van der Waals surface area contributed by atoms with Crippen molar-refractivity contribution in [2.45, 2.75) is 157 Å². The van der Waals surface area contributed by atoms with Crippen LogP contribution in [0, 0.1) is 68.1 Å². The number of ether oxygens (including phenoxy) is 11. The molecule has 5 fully saturated rings. The summed E-state index contributed by atoms with van der Waals surface area (Å²) < 4.78 is 81.6. The number of carbonyl (C=O) groups excluding carboxylic acids is 4. The van der Waals surface area contributed by atoms with Crippen molar-refractivity contribution >= 4 is 69.7 Å². The van der Waals surface area contributed by atoms with Gasteiger partial charge in [0.2, 0.25) is 0 Å². The van der Waals surface area contributed by atoms with E-state index in [2.05, 4.69) is 58.1 Å². The minimum atomic E-state index is -0.473. The maximum atomic E-state index is 14.4. The molecular weight excluding hydrogens is 1850 g/mol. The lowest BCUT2D eigenvalue weighted by atomic mass is 9.98. The quantitative estimate of drug-likeness (QED) is 0.0436. The highest BCUT2D eigenvalue weighted by atomic mass is 19.1. The highest BCUT2D eigenvalue weighted by Gasteiger charge is 2.35. The summed E-state index contributed by atoms with van der Waals surface area (Å²) in [6.07, 6.45) is 7.15. The second kappa shape index (κ2) is 45.0. The van der Waals surface area contributed by atoms with E-state index in [0.29, 0.717) is 83.4 Å². The van der Waals surface area contributed by atoms with Crippen molar-refractivity contribution in [1.29, 1.82) is 0 Å². The van der Waals surface area contributed by atoms with Crippen molar-refractivity contribution in [3.8, 4) is 96.8 Å². The average molecular weight is 1970 g/mol. The lowest BCUT2D eigenvalue weighted by molar-refractivity contribution is 0.0733. The molecule has 35 nitrogen and oxygen atoms in total. The third-order valence-electron chi connectivity index (χ3n) is 26.4. The van der Waals surface area contributed by atoms with Crippen LogP contribution >= 0.6 is 0 Å². The Hall–Kier alpha value is -16.2. The zero-order valence-electron chi connectivity index (χ0n) is 84.6. The molecule has 8 aromatic heterocycles. The summed E-state index contributed by atoms with van der Waals surface area (Å²) in [6, 6.07) is 56.5. The topological polar surface area (TPSA) is 352 Å². The van der Waals surface area contributed by atoms with Crippen LogP contribution in [0.5, 0.6) is 51.7 Å². The SMILES string of the molecule is COc1ccc(-c2c(C)nc3c(N4CC[C@@H](NC(=O)OC5CCCCC5)C4)cc(C)nn23)cc1OC.COc1ccc(-c2c(C)nc3c(N4CC[C@@H](NC(=O)OCc5ccccc5)C4)cc(C)nn23)cc1OC.COc1ccc(-c2c(C)nc3c(N4CC[C@@H](NC(=O)Oc5cccc(C)c5)C4)cc(C)nn23)cc1OC.COc1ccc(-c2c(C)nc3c(N4CC[C@@H](NC(=O)Oc5ccccc5)C4)cc(C)nn23)cc1F. The van der Waals surface area contributed by atoms with Gasteiger partial charge in [0.15, 0.2) is 68.7 Å². The molecule has 4 amide bonds. The van der Waals surface area contributed by atoms with Crippen LogP contribution in [0.2, 0.25) is 0 Å². The number of alkyl carbamates (subject to hydrolysis) is 2. The Morgan fingerprint density at radius 3 is 1.01 bits per heavy atom. The summed E-state index contributed by atoms with van der Waals surface area (Å²) >= 11 is 0. The first-order valence-electron chi connectivity index (χ1n) is 48.7. The number of methoxy groups -OCH3 is 7. The van der Waals surface area contributed by atoms with E-state index >= 15 is 0 Å². The van der Waals surface area contributed by atoms with Crippen molar-refractivity contribution < 1.29 is 75.7 Å². The monoisotopic (exact) mass is 1970 g/mol. The molecule has 5 aliphatic rings. The molecule has 15 aromatic rings. The van der Waals surface area contributed by atoms with Gasteiger partial charge in [-0.15, -0.1) is 0 Å². The molecule has 4 N–H and O–H groups in total. The van der Waals surface area contributed by atoms with E-state index in [1.165, 1.54) is 19.6 Å². The number of benzene rings is 7. The smallest absolute Gasteiger partial charge is 0.412 e. The van der Waals surface area contributed by atoms with Gasteiger partial charge in [-0.3, -0.25) is 0 Å². The fraction of sp³-hybridized carbons (Fsp3) is 0.358. The van der Waals surface area contributed by atoms with Crippen LogP contribution in [0.4, 0.5) is 46.3 Å². The molecule has 4 aliphatic heterocycles. The predicted molar refractivity (Wildman–Crippen MR) is 552 cm³/mol. The van der Waals surface area contributed by atoms with Gasteiger partial charge in [-0.2, -0.15) is 20.4 Å². The van der Waals surface area contributed by atoms with Gasteiger partial charge in [-0.1, -0.05) is 67.1 Å². The Balaban J connectivity index is 0.000000132. The van der Waals surface area contributed by atoms with Gasteiger partial charge in [0, 0.05) is 74.6 Å². The van der Waals surface area contributed by atoms with Crippen molar-refractivity contribution in [2.75, 3.05) is 122 Å². The van der Waals surface area contributed by atoms with Crippen LogP contribution in [0.3, 0.4) is 0 Å². The molecule has 145 heavy (non-hydrogen) atoms. The van der Waals surface area contributed by atoms with Gasteiger partial charge in [0.25, 0.3) is 0 Å². The van der Waals surface area contributed by atoms with Crippen molar-refractivity contribution in [2.24, 2.45) is 0 Å². The Morgan fingerprint density at radius 1 is 0.331 bits per heavy atom. The number of rotatable bonds is 24. The first kappa shape index (κ1) is 100. The van der Waals surface area contributed by atoms with Gasteiger partial charge in [0.1, 0.15) is 24.2 Å². The molecule has 4 atom stereocenters. The zero-order valence-corrected chi connectivity index (χ0v) is 84.6. The average Bonchev–Trinajstić information content (AvgIpc) is 1.62. The summed E-state index contributed by atoms with van der Waals surface area (Å²) in [5.41, 5.74) is 22.7. The molecule has 36 heteroatoms. The summed E-state index contributed by atoms with van der Waals surface area (Å²) in [4.78, 5) is 78.1. The van der Waals surface area contributed by atoms with E-state index < -0.39 is 24.1 Å². The summed E-state index contributed by atoms with van der Waals surface area (Å²) in [7, 11) is 11.2. The predicted octanol–water partition coefficient (Wildman–Crippen LogP) is 18.4. The van der Waals surface area contributed by atoms with Crippen LogP contribution in [0.15, 0.2) is 182 Å². The maximum absolute atomic E-state index is 14.4. The number of anilines is 4. The first-order chi connectivity index (χ1) is 70.2. The van der Waals surface area contributed by atoms with E-state index in [-0.39, 0.29) is 48.7 Å². The molecule has 1 aliphatic carbocycles. The number of aromatic nitrogens is 12. The van der Waals surface area contributed by atoms with Gasteiger partial charge in [-0.05, 0) is 246 Å². The summed E-state index contributed by atoms with van der Waals surface area (Å²) in [5, 5.41) is 31.1. The van der Waals surface area contributed by atoms with Crippen molar-refractivity contribution in [3.05, 3.63) is 244 Å². The standard InChI is InChI=1S/2C28H31N5O4.C27H35N5O4.C26H26FN5O3/c1-17-7-6-8-22(13-17)37-28(34)30-21-11-12-32(16-21)23-14-18(2)31-33-26(19(3)29-27(23)33)20-9-10-24(35-4)25(15-20)36-5;1-18-14-23(32-13-12-22(16-32)30-28(34)37-17-20-8-6-5-7-9-20)27-29-19(2)26(33(27)31-18)21-10-11-24(35-3)25(15-21)36-4;1-17-14-22(31-13-12-20(16-31)29-27(33)36-21-8-6-5-7-9-21)26-28-18(2)25(32(26)30-17)19-10-11-23(34-3)24(15-19)35-4;1-16-13-22(31-12-11-19(15-31)29-26(33)35-20-7-5-4-6-8-20)25-28-17(2)24(32(25)30-16)18-9-10-23(34-3)21(27)14-18/h6-10,13-15,21H,11-12,16H2,1-5H3,(H,30,34);5-11,14-15,22H,12-13,16-17H2,1-4H3,(H,30,34);10-11,14-15,20-21H,5-9,12-13,16H2,1-4H3,(H,29,33);4-10,13-14,19H,11-12,15H2,1-3H3,(H,29,33)/t21-;22-;20-;19-/m1111/s1. The Morgan fingerprint density at radius 2 is 0.655 bits per heavy atom. The second-order valence-corrected chi connectivity index (χ2v) is 36.8. The number of fused-ring (bicyclic) bond motifs is 4. The number of amides is 4. The van der Waals surface area contributed by atoms with Crippen molar-refractivity contribution in [3.63, 3.8) is 0 Å². The molecule has 20 rings (SSSR count). The molecule has 0 unspecified atom stereocenters. The highest BCUT2D eigenvalue weighted by molar-refractivity contribution is 5.83. The number of halogens is 1. The third-order valence-corrected chi connectivity index (χ3v) is 26.4. The van der Waals surface area contributed by atoms with Crippen LogP contribution < -0.4 is 83.5 Å². The number of aryl methyl sites for hydroxylation is 9. The molecule has 12 heterocycles. The molecule has 0 spiro atoms. The number of nitrogens with one attached hydrogen (secondary N) is 4. The Bertz CT molecular complexity index is 7210. The fourth-order valence-electron chi connectivity index (χ4n) is 19.6. The fourth-order valence-corrected chi connectivity index (χ4v) is 19.6. The lowest BCUT2D eigenvalue weighted by Gasteiger charge is -2.23. The normalized spacial score (nSPS) is 16.0. The zero-order chi connectivity index (χ0) is 102. The molecule has 0 bridgehead atoms. The minimum absolute atomic E-state index is 0.0156. The van der Waals surface area contributed by atoms with Gasteiger partial charge >= 0.3 is 24.4 Å². The van der Waals surface area contributed by atoms with E-state index in [9.17, 15) is 23.6 Å².